The molecular weight excluding hydrogens is 308 g/mol. The third-order valence-corrected chi connectivity index (χ3v) is 3.10. The van der Waals surface area contributed by atoms with Crippen LogP contribution < -0.4 is 0 Å². The Morgan fingerprint density at radius 1 is 1.33 bits per heavy atom. The molecule has 0 amide bonds. The molecule has 0 N–H and O–H groups in total. The van der Waals surface area contributed by atoms with E-state index < -0.39 is 12.3 Å². The van der Waals surface area contributed by atoms with E-state index in [1.54, 1.807) is 0 Å². The van der Waals surface area contributed by atoms with E-state index in [0.29, 0.717) is 5.92 Å². The molecule has 0 rings (SSSR count). The molecule has 0 aliphatic heterocycles. The van der Waals surface area contributed by atoms with Gasteiger partial charge in [-0.25, -0.2) is 0 Å². The first-order valence-corrected chi connectivity index (χ1v) is 11.5. The van der Waals surface area contributed by atoms with Crippen LogP contribution in [-0.2, 0) is 12.3 Å². The van der Waals surface area contributed by atoms with Gasteiger partial charge in [0.05, 0.1) is 0 Å². The second-order valence-electron chi connectivity index (χ2n) is 4.06. The maximum absolute atomic E-state index is 4.95. The van der Waals surface area contributed by atoms with Crippen molar-refractivity contribution in [1.29, 1.82) is 0 Å². The standard InChI is InChI=1S/C10H19P.3ClH.V/c1-6-10(4,5)8-11-7-9(2)3;;;;/h7,9H,6H2,1-5H3;3*1H;/q-2;;;;+3/p-3. The molecule has 0 saturated carbocycles. The number of rotatable bonds is 4. The molecule has 92 valence electrons. The molecule has 0 aliphatic rings. The van der Waals surface area contributed by atoms with Crippen LogP contribution in [0.1, 0.15) is 41.0 Å². The van der Waals surface area contributed by atoms with E-state index in [9.17, 15) is 0 Å². The van der Waals surface area contributed by atoms with Gasteiger partial charge in [0.15, 0.2) is 0 Å². The Hall–Kier alpha value is 1.62. The molecular formula is C10H19Cl3PV-2. The predicted molar refractivity (Wildman–Crippen MR) is 72.7 cm³/mol. The van der Waals surface area contributed by atoms with E-state index in [2.05, 4.69) is 46.6 Å². The first-order valence-electron chi connectivity index (χ1n) is 4.79. The number of hydrogen-bond acceptors (Lipinski definition) is 0. The molecule has 0 radical (unpaired) electrons. The Morgan fingerprint density at radius 2 is 1.73 bits per heavy atom. The van der Waals surface area contributed by atoms with Gasteiger partial charge in [0, 0.05) is 0 Å². The molecule has 0 nitrogen and oxygen atoms in total. The molecule has 0 fully saturated rings. The van der Waals surface area contributed by atoms with Crippen LogP contribution in [0.5, 0.6) is 0 Å². The first-order chi connectivity index (χ1) is 6.71. The van der Waals surface area contributed by atoms with Crippen molar-refractivity contribution in [2.45, 2.75) is 41.0 Å². The number of hydrogen-bond donors (Lipinski definition) is 0. The molecule has 5 heteroatoms. The Kier molecular flexibility index (Phi) is 13.6. The second kappa shape index (κ2) is 10.8. The number of halogens is 3. The Morgan fingerprint density at radius 3 is 2.00 bits per heavy atom. The molecule has 0 aromatic heterocycles. The van der Waals surface area contributed by atoms with Crippen LogP contribution in [0.25, 0.3) is 0 Å². The van der Waals surface area contributed by atoms with E-state index in [-0.39, 0.29) is 5.41 Å². The van der Waals surface area contributed by atoms with Crippen molar-refractivity contribution in [3.63, 3.8) is 0 Å². The molecule has 0 heterocycles. The molecule has 0 spiro atoms. The van der Waals surface area contributed by atoms with Gasteiger partial charge >= 0.3 is 41.8 Å². The minimum atomic E-state index is -1.77. The summed E-state index contributed by atoms with van der Waals surface area (Å²) in [6, 6.07) is 0. The van der Waals surface area contributed by atoms with Crippen molar-refractivity contribution in [3.8, 4) is 0 Å². The van der Waals surface area contributed by atoms with Gasteiger partial charge in [-0.15, -0.1) is 0 Å². The molecule has 0 aliphatic carbocycles. The average Bonchev–Trinajstić information content (AvgIpc) is 2.02. The zero-order chi connectivity index (χ0) is 12.5. The molecule has 0 bridgehead atoms. The minimum absolute atomic E-state index is 0.285. The van der Waals surface area contributed by atoms with Gasteiger partial charge in [0.2, 0.25) is 0 Å². The summed E-state index contributed by atoms with van der Waals surface area (Å²) in [6.45, 7) is 11.1. The van der Waals surface area contributed by atoms with Crippen molar-refractivity contribution in [1.82, 2.24) is 0 Å². The molecule has 0 aromatic rings. The summed E-state index contributed by atoms with van der Waals surface area (Å²) in [4.78, 5) is 0. The van der Waals surface area contributed by atoms with Gasteiger partial charge in [0.1, 0.15) is 0 Å². The Bertz CT molecular complexity index is 167. The fourth-order valence-corrected chi connectivity index (χ4v) is 1.32. The quantitative estimate of drug-likeness (QED) is 0.443. The van der Waals surface area contributed by atoms with Gasteiger partial charge in [-0.3, -0.25) is 0 Å². The summed E-state index contributed by atoms with van der Waals surface area (Å²) in [5.41, 5.74) is 0.285. The predicted octanol–water partition coefficient (Wildman–Crippen LogP) is 5.93. The van der Waals surface area contributed by atoms with E-state index in [4.69, 9.17) is 29.5 Å². The third-order valence-electron chi connectivity index (χ3n) is 1.62. The Balaban J connectivity index is 0. The summed E-state index contributed by atoms with van der Waals surface area (Å²) < 4.78 is 0. The monoisotopic (exact) mass is 326 g/mol. The fraction of sp³-hybridized carbons (Fsp3) is 0.800. The van der Waals surface area contributed by atoms with Crippen molar-refractivity contribution in [2.24, 2.45) is 11.3 Å². The second-order valence-corrected chi connectivity index (χ2v) is 11.8. The van der Waals surface area contributed by atoms with Crippen LogP contribution in [0, 0.1) is 17.5 Å². The van der Waals surface area contributed by atoms with Gasteiger partial charge < -0.3 is 20.2 Å². The van der Waals surface area contributed by atoms with E-state index in [1.165, 1.54) is 14.6 Å². The summed E-state index contributed by atoms with van der Waals surface area (Å²) in [5, 5.41) is 0. The molecule has 0 saturated heterocycles. The van der Waals surface area contributed by atoms with Crippen LogP contribution in [0.15, 0.2) is 0 Å². The van der Waals surface area contributed by atoms with E-state index in [1.807, 2.05) is 0 Å². The normalized spacial score (nSPS) is 12.1. The van der Waals surface area contributed by atoms with Crippen molar-refractivity contribution in [2.75, 3.05) is 0 Å². The van der Waals surface area contributed by atoms with Crippen molar-refractivity contribution < 1.29 is 12.3 Å². The van der Waals surface area contributed by atoms with Gasteiger partial charge in [0.25, 0.3) is 0 Å². The molecule has 15 heavy (non-hydrogen) atoms. The maximum atomic E-state index is 4.95. The summed E-state index contributed by atoms with van der Waals surface area (Å²) >= 11 is -1.77. The summed E-state index contributed by atoms with van der Waals surface area (Å²) in [5.74, 6) is 4.13. The van der Waals surface area contributed by atoms with Crippen LogP contribution in [0.2, 0.25) is 0 Å². The topological polar surface area (TPSA) is 0 Å². The fourth-order valence-electron chi connectivity index (χ4n) is 0.440. The summed E-state index contributed by atoms with van der Waals surface area (Å²) in [7, 11) is 16.1. The van der Waals surface area contributed by atoms with Crippen LogP contribution in [0.4, 0.5) is 0 Å². The SMILES string of the molecule is CCC(C)(C)[C-]=P[CH-]C(C)C.[Cl][V]([Cl])[Cl]. The van der Waals surface area contributed by atoms with Crippen molar-refractivity contribution >= 4 is 43.5 Å². The van der Waals surface area contributed by atoms with Crippen LogP contribution in [-0.4, -0.2) is 5.80 Å². The zero-order valence-corrected chi connectivity index (χ0v) is 14.4. The third kappa shape index (κ3) is 21.5. The van der Waals surface area contributed by atoms with Gasteiger partial charge in [-0.2, -0.15) is 11.3 Å². The zero-order valence-electron chi connectivity index (χ0n) is 9.89. The van der Waals surface area contributed by atoms with Gasteiger partial charge in [-0.05, 0) is 0 Å². The Labute approximate surface area is 114 Å². The molecule has 0 unspecified atom stereocenters. The average molecular weight is 328 g/mol. The van der Waals surface area contributed by atoms with E-state index in [0.717, 1.165) is 0 Å². The first kappa shape index (κ1) is 19.0. The molecule has 0 aromatic carbocycles. The van der Waals surface area contributed by atoms with E-state index >= 15 is 0 Å². The van der Waals surface area contributed by atoms with Crippen molar-refractivity contribution in [3.05, 3.63) is 6.16 Å². The molecule has 0 atom stereocenters. The van der Waals surface area contributed by atoms with Crippen LogP contribution >= 0.6 is 37.7 Å². The van der Waals surface area contributed by atoms with Crippen LogP contribution in [0.3, 0.4) is 0 Å². The van der Waals surface area contributed by atoms with Gasteiger partial charge in [-0.1, -0.05) is 41.0 Å². The summed E-state index contributed by atoms with van der Waals surface area (Å²) in [6.07, 6.45) is 3.45.